The number of carbonyl (C=O) groups is 2. The number of anilines is 2. The summed E-state index contributed by atoms with van der Waals surface area (Å²) in [6, 6.07) is 24.5. The molecule has 9 nitrogen and oxygen atoms in total. The van der Waals surface area contributed by atoms with Gasteiger partial charge in [0.2, 0.25) is 5.75 Å². The SMILES string of the molecule is COc1ccc(CN(C(=O)c2ccc(C(=O)Nc3cccc(OC)c3)cc2)c2cc(OC)c(OC)c(OC)c2)cc1. The van der Waals surface area contributed by atoms with Gasteiger partial charge >= 0.3 is 0 Å². The minimum absolute atomic E-state index is 0.250. The van der Waals surface area contributed by atoms with E-state index >= 15 is 0 Å². The first-order chi connectivity index (χ1) is 19.9. The molecule has 0 saturated heterocycles. The van der Waals surface area contributed by atoms with E-state index in [-0.39, 0.29) is 18.4 Å². The topological polar surface area (TPSA) is 95.6 Å². The fraction of sp³-hybridized carbons (Fsp3) is 0.188. The summed E-state index contributed by atoms with van der Waals surface area (Å²) < 4.78 is 27.0. The molecular formula is C32H32N2O7. The molecule has 0 heterocycles. The molecule has 0 aliphatic carbocycles. The Hall–Kier alpha value is -5.18. The number of rotatable bonds is 11. The Kier molecular flexibility index (Phi) is 9.32. The van der Waals surface area contributed by atoms with Crippen LogP contribution in [-0.2, 0) is 6.54 Å². The van der Waals surface area contributed by atoms with Crippen molar-refractivity contribution in [2.75, 3.05) is 45.8 Å². The molecular weight excluding hydrogens is 524 g/mol. The average Bonchev–Trinajstić information content (AvgIpc) is 3.02. The van der Waals surface area contributed by atoms with Crippen molar-refractivity contribution in [3.8, 4) is 28.7 Å². The Labute approximate surface area is 239 Å². The van der Waals surface area contributed by atoms with Gasteiger partial charge in [0, 0.05) is 35.0 Å². The van der Waals surface area contributed by atoms with Gasteiger partial charge in [-0.3, -0.25) is 9.59 Å². The quantitative estimate of drug-likeness (QED) is 0.248. The lowest BCUT2D eigenvalue weighted by molar-refractivity contribution is 0.0982. The van der Waals surface area contributed by atoms with Crippen molar-refractivity contribution in [2.45, 2.75) is 6.54 Å². The molecule has 0 unspecified atom stereocenters. The van der Waals surface area contributed by atoms with Crippen molar-refractivity contribution < 1.29 is 33.3 Å². The van der Waals surface area contributed by atoms with Crippen LogP contribution in [0.3, 0.4) is 0 Å². The predicted octanol–water partition coefficient (Wildman–Crippen LogP) is 5.83. The maximum atomic E-state index is 13.9. The summed E-state index contributed by atoms with van der Waals surface area (Å²) in [5, 5.41) is 2.84. The van der Waals surface area contributed by atoms with Gasteiger partial charge in [-0.1, -0.05) is 18.2 Å². The van der Waals surface area contributed by atoms with Crippen molar-refractivity contribution in [1.29, 1.82) is 0 Å². The molecule has 0 radical (unpaired) electrons. The molecule has 4 rings (SSSR count). The molecule has 41 heavy (non-hydrogen) atoms. The van der Waals surface area contributed by atoms with E-state index in [0.717, 1.165) is 5.56 Å². The van der Waals surface area contributed by atoms with Gasteiger partial charge in [0.25, 0.3) is 11.8 Å². The Morgan fingerprint density at radius 3 is 1.83 bits per heavy atom. The van der Waals surface area contributed by atoms with Crippen LogP contribution in [0.2, 0.25) is 0 Å². The third-order valence-electron chi connectivity index (χ3n) is 6.43. The molecule has 9 heteroatoms. The summed E-state index contributed by atoms with van der Waals surface area (Å²) in [5.41, 5.74) is 2.81. The molecule has 0 aromatic heterocycles. The van der Waals surface area contributed by atoms with E-state index in [0.29, 0.717) is 51.2 Å². The Morgan fingerprint density at radius 1 is 0.659 bits per heavy atom. The van der Waals surface area contributed by atoms with Crippen molar-refractivity contribution in [1.82, 2.24) is 0 Å². The van der Waals surface area contributed by atoms with Gasteiger partial charge in [-0.2, -0.15) is 0 Å². The van der Waals surface area contributed by atoms with Crippen LogP contribution in [0.25, 0.3) is 0 Å². The standard InChI is InChI=1S/C32H32N2O7/c1-37-26-15-9-21(10-16-26)20-34(25-18-28(39-3)30(41-5)29(19-25)40-4)32(36)23-13-11-22(12-14-23)31(35)33-24-7-6-8-27(17-24)38-2/h6-19H,20H2,1-5H3,(H,33,35). The minimum Gasteiger partial charge on any atom is -0.497 e. The lowest BCUT2D eigenvalue weighted by Crippen LogP contribution is -2.30. The lowest BCUT2D eigenvalue weighted by Gasteiger charge is -2.25. The first kappa shape index (κ1) is 28.8. The second-order valence-electron chi connectivity index (χ2n) is 8.89. The highest BCUT2D eigenvalue weighted by Gasteiger charge is 2.23. The zero-order valence-electron chi connectivity index (χ0n) is 23.6. The molecule has 4 aromatic carbocycles. The average molecular weight is 557 g/mol. The molecule has 4 aromatic rings. The molecule has 0 saturated carbocycles. The molecule has 0 aliphatic heterocycles. The van der Waals surface area contributed by atoms with E-state index < -0.39 is 0 Å². The van der Waals surface area contributed by atoms with E-state index in [1.807, 2.05) is 24.3 Å². The normalized spacial score (nSPS) is 10.4. The number of ether oxygens (including phenoxy) is 5. The molecule has 0 atom stereocenters. The number of hydrogen-bond acceptors (Lipinski definition) is 7. The zero-order valence-corrected chi connectivity index (χ0v) is 23.6. The van der Waals surface area contributed by atoms with Gasteiger partial charge in [0.15, 0.2) is 11.5 Å². The molecule has 0 fully saturated rings. The number of nitrogens with one attached hydrogen (secondary N) is 1. The van der Waals surface area contributed by atoms with Crippen molar-refractivity contribution in [3.63, 3.8) is 0 Å². The van der Waals surface area contributed by atoms with E-state index in [1.165, 1.54) is 21.3 Å². The third-order valence-corrected chi connectivity index (χ3v) is 6.43. The molecule has 0 bridgehead atoms. The molecule has 2 amide bonds. The summed E-state index contributed by atoms with van der Waals surface area (Å²) >= 11 is 0. The maximum absolute atomic E-state index is 13.9. The first-order valence-electron chi connectivity index (χ1n) is 12.7. The maximum Gasteiger partial charge on any atom is 0.258 e. The third kappa shape index (κ3) is 6.70. The number of amides is 2. The van der Waals surface area contributed by atoms with Crippen LogP contribution >= 0.6 is 0 Å². The van der Waals surface area contributed by atoms with Crippen molar-refractivity contribution in [3.05, 3.63) is 102 Å². The van der Waals surface area contributed by atoms with Crippen LogP contribution in [-0.4, -0.2) is 47.4 Å². The fourth-order valence-corrected chi connectivity index (χ4v) is 4.24. The van der Waals surface area contributed by atoms with Crippen LogP contribution in [0, 0.1) is 0 Å². The van der Waals surface area contributed by atoms with Gasteiger partial charge < -0.3 is 33.9 Å². The lowest BCUT2D eigenvalue weighted by atomic mass is 10.1. The monoisotopic (exact) mass is 556 g/mol. The van der Waals surface area contributed by atoms with Crippen LogP contribution in [0.1, 0.15) is 26.3 Å². The first-order valence-corrected chi connectivity index (χ1v) is 12.7. The Bertz CT molecular complexity index is 1480. The molecule has 212 valence electrons. The van der Waals surface area contributed by atoms with E-state index in [1.54, 1.807) is 79.8 Å². The fourth-order valence-electron chi connectivity index (χ4n) is 4.24. The second-order valence-corrected chi connectivity index (χ2v) is 8.89. The van der Waals surface area contributed by atoms with Gasteiger partial charge in [-0.25, -0.2) is 0 Å². The van der Waals surface area contributed by atoms with Crippen LogP contribution in [0.15, 0.2) is 84.9 Å². The van der Waals surface area contributed by atoms with Crippen LogP contribution in [0.5, 0.6) is 28.7 Å². The highest BCUT2D eigenvalue weighted by atomic mass is 16.5. The number of nitrogens with zero attached hydrogens (tertiary/aromatic N) is 1. The summed E-state index contributed by atoms with van der Waals surface area (Å²) in [6.07, 6.45) is 0. The predicted molar refractivity (Wildman–Crippen MR) is 157 cm³/mol. The number of carbonyl (C=O) groups excluding carboxylic acids is 2. The molecule has 0 spiro atoms. The van der Waals surface area contributed by atoms with E-state index in [9.17, 15) is 9.59 Å². The molecule has 0 aliphatic rings. The summed E-state index contributed by atoms with van der Waals surface area (Å²) in [6.45, 7) is 0.250. The van der Waals surface area contributed by atoms with Gasteiger partial charge in [0.05, 0.1) is 47.8 Å². The van der Waals surface area contributed by atoms with Crippen molar-refractivity contribution >= 4 is 23.2 Å². The Balaban J connectivity index is 1.65. The summed E-state index contributed by atoms with van der Waals surface area (Å²) in [7, 11) is 7.72. The van der Waals surface area contributed by atoms with Crippen LogP contribution < -0.4 is 33.9 Å². The zero-order chi connectivity index (χ0) is 29.4. The summed E-state index contributed by atoms with van der Waals surface area (Å²) in [5.74, 6) is 2.00. The van der Waals surface area contributed by atoms with Gasteiger partial charge in [-0.05, 0) is 54.1 Å². The van der Waals surface area contributed by atoms with E-state index in [4.69, 9.17) is 23.7 Å². The van der Waals surface area contributed by atoms with E-state index in [2.05, 4.69) is 5.32 Å². The summed E-state index contributed by atoms with van der Waals surface area (Å²) in [4.78, 5) is 28.4. The second kappa shape index (κ2) is 13.3. The number of hydrogen-bond donors (Lipinski definition) is 1. The van der Waals surface area contributed by atoms with Gasteiger partial charge in [0.1, 0.15) is 11.5 Å². The number of methoxy groups -OCH3 is 5. The van der Waals surface area contributed by atoms with Crippen molar-refractivity contribution in [2.24, 2.45) is 0 Å². The minimum atomic E-state index is -0.308. The Morgan fingerprint density at radius 2 is 1.27 bits per heavy atom. The van der Waals surface area contributed by atoms with Crippen LogP contribution in [0.4, 0.5) is 11.4 Å². The largest absolute Gasteiger partial charge is 0.497 e. The van der Waals surface area contributed by atoms with Gasteiger partial charge in [-0.15, -0.1) is 0 Å². The smallest absolute Gasteiger partial charge is 0.258 e. The highest BCUT2D eigenvalue weighted by molar-refractivity contribution is 6.08. The number of benzene rings is 4. The molecule has 1 N–H and O–H groups in total. The highest BCUT2D eigenvalue weighted by Crippen LogP contribution is 2.41.